The number of carbonyl (C=O) groups is 1. The van der Waals surface area contributed by atoms with E-state index < -0.39 is 11.5 Å². The van der Waals surface area contributed by atoms with Crippen molar-refractivity contribution in [1.82, 2.24) is 0 Å². The Kier molecular flexibility index (Phi) is 4.78. The van der Waals surface area contributed by atoms with Crippen LogP contribution in [0.15, 0.2) is 12.1 Å². The minimum Gasteiger partial charge on any atom is -0.496 e. The highest BCUT2D eigenvalue weighted by Gasteiger charge is 2.25. The molecule has 19 heavy (non-hydrogen) atoms. The highest BCUT2D eigenvalue weighted by atomic mass is 16.5. The molecule has 0 amide bonds. The molecule has 0 aromatic heterocycles. The summed E-state index contributed by atoms with van der Waals surface area (Å²) in [5.74, 6) is 0.519. The summed E-state index contributed by atoms with van der Waals surface area (Å²) in [4.78, 5) is 10.8. The molecule has 106 valence electrons. The predicted molar refractivity (Wildman–Crippen MR) is 72.8 cm³/mol. The summed E-state index contributed by atoms with van der Waals surface area (Å²) in [5, 5.41) is 8.86. The average molecular weight is 267 g/mol. The minimum absolute atomic E-state index is 0.105. The molecule has 0 aliphatic heterocycles. The number of carboxylic acid groups (broad SMARTS) is 1. The molecule has 0 fully saturated rings. The lowest BCUT2D eigenvalue weighted by molar-refractivity contribution is -0.138. The quantitative estimate of drug-likeness (QED) is 0.820. The maximum atomic E-state index is 10.8. The molecule has 0 saturated carbocycles. The van der Waals surface area contributed by atoms with Gasteiger partial charge in [-0.05, 0) is 43.5 Å². The molecular weight excluding hydrogens is 246 g/mol. The highest BCUT2D eigenvalue weighted by Crippen LogP contribution is 2.31. The van der Waals surface area contributed by atoms with Gasteiger partial charge < -0.3 is 20.3 Å². The molecular formula is C14H21NO4. The van der Waals surface area contributed by atoms with Gasteiger partial charge in [0.2, 0.25) is 0 Å². The van der Waals surface area contributed by atoms with Crippen LogP contribution in [0, 0.1) is 6.92 Å². The monoisotopic (exact) mass is 267 g/mol. The summed E-state index contributed by atoms with van der Waals surface area (Å²) in [7, 11) is 3.17. The Morgan fingerprint density at radius 2 is 1.89 bits per heavy atom. The number of hydrogen-bond acceptors (Lipinski definition) is 4. The molecule has 1 rings (SSSR count). The van der Waals surface area contributed by atoms with E-state index in [0.29, 0.717) is 12.2 Å². The van der Waals surface area contributed by atoms with Crippen LogP contribution in [0.4, 0.5) is 0 Å². The Morgan fingerprint density at radius 3 is 2.37 bits per heavy atom. The first-order chi connectivity index (χ1) is 8.79. The van der Waals surface area contributed by atoms with E-state index in [4.69, 9.17) is 20.3 Å². The number of aryl methyl sites for hydroxylation is 1. The zero-order valence-electron chi connectivity index (χ0n) is 11.8. The van der Waals surface area contributed by atoms with Crippen LogP contribution in [-0.2, 0) is 11.2 Å². The standard InChI is InChI=1S/C14H21NO4/c1-9-5-12(19-4)10(6-11(9)18-3)7-14(2,15)8-13(16)17/h5-6H,7-8,15H2,1-4H3,(H,16,17). The first-order valence-corrected chi connectivity index (χ1v) is 6.01. The van der Waals surface area contributed by atoms with E-state index in [1.54, 1.807) is 21.1 Å². The Balaban J connectivity index is 3.08. The summed E-state index contributed by atoms with van der Waals surface area (Å²) >= 11 is 0. The fourth-order valence-corrected chi connectivity index (χ4v) is 2.09. The van der Waals surface area contributed by atoms with E-state index in [1.807, 2.05) is 19.1 Å². The number of carboxylic acids is 1. The van der Waals surface area contributed by atoms with E-state index >= 15 is 0 Å². The Bertz CT molecular complexity index is 469. The third-order valence-electron chi connectivity index (χ3n) is 2.95. The molecule has 1 aromatic rings. The first-order valence-electron chi connectivity index (χ1n) is 6.01. The zero-order valence-corrected chi connectivity index (χ0v) is 11.8. The topological polar surface area (TPSA) is 81.8 Å². The van der Waals surface area contributed by atoms with Gasteiger partial charge >= 0.3 is 5.97 Å². The maximum absolute atomic E-state index is 10.8. The molecule has 1 unspecified atom stereocenters. The zero-order chi connectivity index (χ0) is 14.6. The molecule has 0 spiro atoms. The van der Waals surface area contributed by atoms with Crippen LogP contribution in [0.3, 0.4) is 0 Å². The Hall–Kier alpha value is -1.75. The van der Waals surface area contributed by atoms with E-state index in [9.17, 15) is 4.79 Å². The van der Waals surface area contributed by atoms with Crippen LogP contribution in [0.2, 0.25) is 0 Å². The van der Waals surface area contributed by atoms with Gasteiger partial charge in [-0.3, -0.25) is 4.79 Å². The summed E-state index contributed by atoms with van der Waals surface area (Å²) in [6.07, 6.45) is 0.297. The number of rotatable bonds is 6. The van der Waals surface area contributed by atoms with Crippen molar-refractivity contribution in [2.24, 2.45) is 5.73 Å². The van der Waals surface area contributed by atoms with Crippen LogP contribution in [-0.4, -0.2) is 30.8 Å². The summed E-state index contributed by atoms with van der Waals surface area (Å²) < 4.78 is 10.6. The van der Waals surface area contributed by atoms with Crippen molar-refractivity contribution >= 4 is 5.97 Å². The fourth-order valence-electron chi connectivity index (χ4n) is 2.09. The molecule has 3 N–H and O–H groups in total. The van der Waals surface area contributed by atoms with E-state index in [2.05, 4.69) is 0 Å². The van der Waals surface area contributed by atoms with Crippen molar-refractivity contribution in [3.8, 4) is 11.5 Å². The lowest BCUT2D eigenvalue weighted by Crippen LogP contribution is -2.40. The van der Waals surface area contributed by atoms with Gasteiger partial charge in [0, 0.05) is 5.54 Å². The van der Waals surface area contributed by atoms with Crippen LogP contribution < -0.4 is 15.2 Å². The van der Waals surface area contributed by atoms with Crippen LogP contribution >= 0.6 is 0 Å². The smallest absolute Gasteiger partial charge is 0.305 e. The molecule has 0 saturated heterocycles. The minimum atomic E-state index is -0.914. The summed E-state index contributed by atoms with van der Waals surface area (Å²) in [6.45, 7) is 3.64. The molecule has 0 radical (unpaired) electrons. The molecule has 0 bridgehead atoms. The third-order valence-corrected chi connectivity index (χ3v) is 2.95. The number of aliphatic carboxylic acids is 1. The van der Waals surface area contributed by atoms with Gasteiger partial charge in [-0.1, -0.05) is 0 Å². The van der Waals surface area contributed by atoms with Gasteiger partial charge in [0.25, 0.3) is 0 Å². The number of nitrogens with two attached hydrogens (primary N) is 1. The molecule has 0 aliphatic carbocycles. The van der Waals surface area contributed by atoms with Crippen molar-refractivity contribution in [3.05, 3.63) is 23.3 Å². The second kappa shape index (κ2) is 5.93. The second-order valence-electron chi connectivity index (χ2n) is 5.03. The lowest BCUT2D eigenvalue weighted by atomic mass is 9.89. The SMILES string of the molecule is COc1cc(CC(C)(N)CC(=O)O)c(OC)cc1C. The fraction of sp³-hybridized carbons (Fsp3) is 0.500. The number of ether oxygens (including phenoxy) is 2. The van der Waals surface area contributed by atoms with Crippen molar-refractivity contribution in [2.45, 2.75) is 32.2 Å². The van der Waals surface area contributed by atoms with Crippen molar-refractivity contribution in [3.63, 3.8) is 0 Å². The lowest BCUT2D eigenvalue weighted by Gasteiger charge is -2.24. The van der Waals surface area contributed by atoms with Gasteiger partial charge in [-0.25, -0.2) is 0 Å². The maximum Gasteiger partial charge on any atom is 0.305 e. The van der Waals surface area contributed by atoms with E-state index in [1.165, 1.54) is 0 Å². The van der Waals surface area contributed by atoms with Gasteiger partial charge in [-0.2, -0.15) is 0 Å². The summed E-state index contributed by atoms with van der Waals surface area (Å²) in [5.41, 5.74) is 6.99. The van der Waals surface area contributed by atoms with E-state index in [0.717, 1.165) is 16.9 Å². The molecule has 0 heterocycles. The molecule has 1 aromatic carbocycles. The normalized spacial score (nSPS) is 13.7. The summed E-state index contributed by atoms with van der Waals surface area (Å²) in [6, 6.07) is 3.71. The van der Waals surface area contributed by atoms with Crippen molar-refractivity contribution in [1.29, 1.82) is 0 Å². The number of hydrogen-bond donors (Lipinski definition) is 2. The highest BCUT2D eigenvalue weighted by molar-refractivity contribution is 5.68. The molecule has 0 aliphatic rings. The first kappa shape index (κ1) is 15.3. The molecule has 1 atom stereocenters. The molecule has 5 nitrogen and oxygen atoms in total. The molecule has 5 heteroatoms. The second-order valence-corrected chi connectivity index (χ2v) is 5.03. The van der Waals surface area contributed by atoms with Gasteiger partial charge in [0.15, 0.2) is 0 Å². The van der Waals surface area contributed by atoms with Gasteiger partial charge in [0.05, 0.1) is 20.6 Å². The Labute approximate surface area is 113 Å². The van der Waals surface area contributed by atoms with Crippen molar-refractivity contribution < 1.29 is 19.4 Å². The van der Waals surface area contributed by atoms with Crippen LogP contribution in [0.1, 0.15) is 24.5 Å². The number of benzene rings is 1. The van der Waals surface area contributed by atoms with Crippen LogP contribution in [0.25, 0.3) is 0 Å². The van der Waals surface area contributed by atoms with Gasteiger partial charge in [0.1, 0.15) is 11.5 Å². The average Bonchev–Trinajstić information content (AvgIpc) is 2.28. The predicted octanol–water partition coefficient (Wildman–Crippen LogP) is 1.75. The van der Waals surface area contributed by atoms with Crippen LogP contribution in [0.5, 0.6) is 11.5 Å². The van der Waals surface area contributed by atoms with Gasteiger partial charge in [-0.15, -0.1) is 0 Å². The largest absolute Gasteiger partial charge is 0.496 e. The van der Waals surface area contributed by atoms with E-state index in [-0.39, 0.29) is 6.42 Å². The number of methoxy groups -OCH3 is 2. The third kappa shape index (κ3) is 4.13. The Morgan fingerprint density at radius 1 is 1.32 bits per heavy atom. The van der Waals surface area contributed by atoms with Crippen molar-refractivity contribution in [2.75, 3.05) is 14.2 Å².